The van der Waals surface area contributed by atoms with Gasteiger partial charge in [0, 0.05) is 0 Å². The van der Waals surface area contributed by atoms with Crippen LogP contribution in [-0.4, -0.2) is 11.1 Å². The summed E-state index contributed by atoms with van der Waals surface area (Å²) in [5.41, 5.74) is -0.245. The molecule has 0 amide bonds. The van der Waals surface area contributed by atoms with Crippen molar-refractivity contribution in [2.75, 3.05) is 0 Å². The summed E-state index contributed by atoms with van der Waals surface area (Å²) in [7, 11) is 0. The Bertz CT molecular complexity index is 626. The second kappa shape index (κ2) is 5.41. The molecule has 2 nitrogen and oxygen atoms in total. The predicted molar refractivity (Wildman–Crippen MR) is 71.5 cm³/mol. The number of halogens is 2. The van der Waals surface area contributed by atoms with Gasteiger partial charge in [-0.25, -0.2) is 8.78 Å². The van der Waals surface area contributed by atoms with Crippen molar-refractivity contribution in [3.63, 3.8) is 0 Å². The molecule has 0 aliphatic rings. The van der Waals surface area contributed by atoms with Crippen LogP contribution in [0.4, 0.5) is 8.78 Å². The van der Waals surface area contributed by atoms with E-state index in [9.17, 15) is 18.7 Å². The summed E-state index contributed by atoms with van der Waals surface area (Å²) in [5, 5.41) is 9.49. The van der Waals surface area contributed by atoms with E-state index in [0.29, 0.717) is 0 Å². The van der Waals surface area contributed by atoms with Crippen LogP contribution in [0.3, 0.4) is 0 Å². The molecular weight excluding hydrogens is 262 g/mol. The maximum atomic E-state index is 13.3. The van der Waals surface area contributed by atoms with E-state index < -0.39 is 23.0 Å². The van der Waals surface area contributed by atoms with Crippen molar-refractivity contribution in [3.8, 4) is 0 Å². The average Bonchev–Trinajstić information content (AvgIpc) is 2.42. The number of carboxylic acid groups (broad SMARTS) is 1. The summed E-state index contributed by atoms with van der Waals surface area (Å²) >= 11 is 0. The van der Waals surface area contributed by atoms with Gasteiger partial charge in [-0.2, -0.15) is 0 Å². The zero-order valence-corrected chi connectivity index (χ0v) is 10.9. The lowest BCUT2D eigenvalue weighted by atomic mass is 9.77. The minimum absolute atomic E-state index is 0.203. The zero-order valence-electron chi connectivity index (χ0n) is 10.9. The minimum Gasteiger partial charge on any atom is -0.481 e. The summed E-state index contributed by atoms with van der Waals surface area (Å²) < 4.78 is 26.3. The monoisotopic (exact) mass is 276 g/mol. The Morgan fingerprint density at radius 2 is 1.75 bits per heavy atom. The topological polar surface area (TPSA) is 37.3 Å². The fourth-order valence-corrected chi connectivity index (χ4v) is 2.14. The van der Waals surface area contributed by atoms with Crippen LogP contribution < -0.4 is 0 Å². The first-order valence-corrected chi connectivity index (χ1v) is 6.16. The molecule has 0 spiro atoms. The number of hydrogen-bond donors (Lipinski definition) is 1. The van der Waals surface area contributed by atoms with Gasteiger partial charge in [0.25, 0.3) is 0 Å². The zero-order chi connectivity index (χ0) is 14.8. The Morgan fingerprint density at radius 3 is 2.30 bits per heavy atom. The van der Waals surface area contributed by atoms with Crippen molar-refractivity contribution in [2.24, 2.45) is 0 Å². The van der Waals surface area contributed by atoms with Gasteiger partial charge < -0.3 is 5.11 Å². The van der Waals surface area contributed by atoms with E-state index in [1.165, 1.54) is 13.0 Å². The quantitative estimate of drug-likeness (QED) is 0.927. The molecule has 0 heterocycles. The van der Waals surface area contributed by atoms with E-state index in [1.54, 1.807) is 12.1 Å². The van der Waals surface area contributed by atoms with E-state index in [0.717, 1.165) is 17.7 Å². The number of carboxylic acids is 1. The van der Waals surface area contributed by atoms with Crippen LogP contribution in [0.1, 0.15) is 18.1 Å². The summed E-state index contributed by atoms with van der Waals surface area (Å²) in [6.45, 7) is 1.51. The lowest BCUT2D eigenvalue weighted by molar-refractivity contribution is -0.143. The smallest absolute Gasteiger partial charge is 0.314 e. The summed E-state index contributed by atoms with van der Waals surface area (Å²) in [6.07, 6.45) is 0.203. The number of rotatable bonds is 4. The van der Waals surface area contributed by atoms with E-state index in [-0.39, 0.29) is 12.0 Å². The highest BCUT2D eigenvalue weighted by Gasteiger charge is 2.36. The van der Waals surface area contributed by atoms with Gasteiger partial charge in [-0.3, -0.25) is 4.79 Å². The molecule has 0 radical (unpaired) electrons. The molecule has 20 heavy (non-hydrogen) atoms. The molecule has 0 fully saturated rings. The molecule has 1 atom stereocenters. The Kier molecular flexibility index (Phi) is 3.84. The van der Waals surface area contributed by atoms with Gasteiger partial charge in [-0.1, -0.05) is 36.4 Å². The van der Waals surface area contributed by atoms with Crippen molar-refractivity contribution in [1.82, 2.24) is 0 Å². The molecule has 2 aromatic rings. The average molecular weight is 276 g/mol. The van der Waals surface area contributed by atoms with Crippen molar-refractivity contribution >= 4 is 5.97 Å². The third kappa shape index (κ3) is 2.69. The molecule has 0 aliphatic heterocycles. The van der Waals surface area contributed by atoms with E-state index in [1.807, 2.05) is 18.2 Å². The van der Waals surface area contributed by atoms with Gasteiger partial charge in [0.05, 0.1) is 5.41 Å². The molecule has 0 aliphatic carbocycles. The highest BCUT2D eigenvalue weighted by atomic mass is 19.2. The minimum atomic E-state index is -1.31. The summed E-state index contributed by atoms with van der Waals surface area (Å²) in [5.74, 6) is -3.10. The second-order valence-electron chi connectivity index (χ2n) is 4.93. The van der Waals surface area contributed by atoms with Crippen LogP contribution in [-0.2, 0) is 16.6 Å². The van der Waals surface area contributed by atoms with E-state index in [2.05, 4.69) is 0 Å². The molecule has 2 aromatic carbocycles. The van der Waals surface area contributed by atoms with Gasteiger partial charge >= 0.3 is 5.97 Å². The van der Waals surface area contributed by atoms with Crippen molar-refractivity contribution in [3.05, 3.63) is 71.3 Å². The van der Waals surface area contributed by atoms with Crippen LogP contribution in [0, 0.1) is 11.6 Å². The molecule has 1 unspecified atom stereocenters. The van der Waals surface area contributed by atoms with Crippen LogP contribution in [0.2, 0.25) is 0 Å². The lowest BCUT2D eigenvalue weighted by Crippen LogP contribution is -2.35. The molecule has 0 saturated carbocycles. The largest absolute Gasteiger partial charge is 0.481 e. The molecular formula is C16H14F2O2. The number of carbonyl (C=O) groups is 1. The molecule has 4 heteroatoms. The maximum absolute atomic E-state index is 13.3. The SMILES string of the molecule is CC(Cc1ccccc1)(C(=O)O)c1ccc(F)c(F)c1. The van der Waals surface area contributed by atoms with Gasteiger partial charge in [0.1, 0.15) is 0 Å². The molecule has 0 saturated heterocycles. The van der Waals surface area contributed by atoms with Crippen molar-refractivity contribution in [1.29, 1.82) is 0 Å². The Balaban J connectivity index is 2.43. The molecule has 1 N–H and O–H groups in total. The van der Waals surface area contributed by atoms with Crippen LogP contribution >= 0.6 is 0 Å². The Morgan fingerprint density at radius 1 is 1.10 bits per heavy atom. The van der Waals surface area contributed by atoms with Gasteiger partial charge in [0.2, 0.25) is 0 Å². The van der Waals surface area contributed by atoms with E-state index in [4.69, 9.17) is 0 Å². The Hall–Kier alpha value is -2.23. The third-order valence-electron chi connectivity index (χ3n) is 3.43. The molecule has 104 valence electrons. The van der Waals surface area contributed by atoms with Gasteiger partial charge in [-0.05, 0) is 36.6 Å². The Labute approximate surface area is 115 Å². The second-order valence-corrected chi connectivity index (χ2v) is 4.93. The standard InChI is InChI=1S/C16H14F2O2/c1-16(15(19)20,10-11-5-3-2-4-6-11)12-7-8-13(17)14(18)9-12/h2-9H,10H2,1H3,(H,19,20). The third-order valence-corrected chi connectivity index (χ3v) is 3.43. The number of benzene rings is 2. The molecule has 2 rings (SSSR count). The summed E-state index contributed by atoms with van der Waals surface area (Å²) in [6, 6.07) is 12.3. The highest BCUT2D eigenvalue weighted by molar-refractivity contribution is 5.81. The fraction of sp³-hybridized carbons (Fsp3) is 0.188. The predicted octanol–water partition coefficient (Wildman–Crippen LogP) is 3.55. The van der Waals surface area contributed by atoms with E-state index >= 15 is 0 Å². The van der Waals surface area contributed by atoms with Crippen LogP contribution in [0.15, 0.2) is 48.5 Å². The van der Waals surface area contributed by atoms with Crippen LogP contribution in [0.25, 0.3) is 0 Å². The maximum Gasteiger partial charge on any atom is 0.314 e. The lowest BCUT2D eigenvalue weighted by Gasteiger charge is -2.25. The van der Waals surface area contributed by atoms with Gasteiger partial charge in [0.15, 0.2) is 11.6 Å². The number of aliphatic carboxylic acids is 1. The first-order valence-electron chi connectivity index (χ1n) is 6.16. The van der Waals surface area contributed by atoms with Crippen LogP contribution in [0.5, 0.6) is 0 Å². The molecule has 0 bridgehead atoms. The summed E-state index contributed by atoms with van der Waals surface area (Å²) in [4.78, 5) is 11.6. The first-order chi connectivity index (χ1) is 9.43. The highest BCUT2D eigenvalue weighted by Crippen LogP contribution is 2.29. The normalized spacial score (nSPS) is 13.8. The first kappa shape index (κ1) is 14.2. The van der Waals surface area contributed by atoms with Crippen molar-refractivity contribution in [2.45, 2.75) is 18.8 Å². The fourth-order valence-electron chi connectivity index (χ4n) is 2.14. The van der Waals surface area contributed by atoms with Gasteiger partial charge in [-0.15, -0.1) is 0 Å². The number of hydrogen-bond acceptors (Lipinski definition) is 1. The molecule has 0 aromatic heterocycles. The van der Waals surface area contributed by atoms with Crippen molar-refractivity contribution < 1.29 is 18.7 Å².